The third kappa shape index (κ3) is 10.5. The molecular formula is C32H46O5. The first-order valence-electron chi connectivity index (χ1n) is 14.4. The first kappa shape index (κ1) is 29.2. The van der Waals surface area contributed by atoms with E-state index in [0.717, 1.165) is 36.9 Å². The van der Waals surface area contributed by atoms with Crippen molar-refractivity contribution in [2.45, 2.75) is 91.3 Å². The first-order chi connectivity index (χ1) is 18.1. The summed E-state index contributed by atoms with van der Waals surface area (Å²) < 4.78 is 23.3. The Hall–Kier alpha value is -2.37. The minimum atomic E-state index is -0.390. The lowest BCUT2D eigenvalue weighted by molar-refractivity contribution is -0.206. The minimum absolute atomic E-state index is 0.358. The number of ether oxygens (including phenoxy) is 4. The number of carbonyl (C=O) groups excluding carboxylic acids is 1. The van der Waals surface area contributed by atoms with Crippen molar-refractivity contribution in [1.29, 1.82) is 0 Å². The second-order valence-electron chi connectivity index (χ2n) is 10.4. The summed E-state index contributed by atoms with van der Waals surface area (Å²) in [6.07, 6.45) is 12.1. The molecule has 0 unspecified atom stereocenters. The van der Waals surface area contributed by atoms with E-state index in [-0.39, 0.29) is 6.29 Å². The van der Waals surface area contributed by atoms with E-state index < -0.39 is 5.97 Å². The minimum Gasteiger partial charge on any atom is -0.494 e. The van der Waals surface area contributed by atoms with Gasteiger partial charge in [-0.1, -0.05) is 77.8 Å². The second kappa shape index (κ2) is 16.5. The summed E-state index contributed by atoms with van der Waals surface area (Å²) >= 11 is 0. The van der Waals surface area contributed by atoms with Gasteiger partial charge in [-0.05, 0) is 61.6 Å². The lowest BCUT2D eigenvalue weighted by atomic mass is 10.0. The zero-order chi connectivity index (χ0) is 26.3. The summed E-state index contributed by atoms with van der Waals surface area (Å²) in [5.74, 6) is 2.08. The second-order valence-corrected chi connectivity index (χ2v) is 10.4. The highest BCUT2D eigenvalue weighted by molar-refractivity contribution is 5.91. The number of hydrogen-bond donors (Lipinski definition) is 0. The molecule has 5 heteroatoms. The van der Waals surface area contributed by atoms with Gasteiger partial charge in [-0.3, -0.25) is 0 Å². The first-order valence-corrected chi connectivity index (χ1v) is 14.4. The van der Waals surface area contributed by atoms with Crippen LogP contribution in [0.3, 0.4) is 0 Å². The standard InChI is InChI=1S/C32H46O5/c1-4-6-7-8-9-10-13-26-23-35-32(36-24-26)28-16-20-30(21-17-28)37-31(33)27-14-18-29(19-15-27)34-22-11-12-25(3)5-2/h14-21,25-26,32H,4-13,22-24H2,1-3H3/t25-,26-,32-/m0/s1. The molecule has 0 saturated carbocycles. The molecule has 0 amide bonds. The molecule has 5 nitrogen and oxygen atoms in total. The van der Waals surface area contributed by atoms with Gasteiger partial charge in [0.15, 0.2) is 6.29 Å². The van der Waals surface area contributed by atoms with Gasteiger partial charge in [-0.15, -0.1) is 0 Å². The van der Waals surface area contributed by atoms with Crippen LogP contribution in [-0.2, 0) is 9.47 Å². The molecule has 204 valence electrons. The van der Waals surface area contributed by atoms with Crippen LogP contribution in [0.2, 0.25) is 0 Å². The van der Waals surface area contributed by atoms with Gasteiger partial charge in [0.1, 0.15) is 11.5 Å². The Morgan fingerprint density at radius 2 is 1.51 bits per heavy atom. The Balaban J connectivity index is 1.36. The number of benzene rings is 2. The Labute approximate surface area is 223 Å². The third-order valence-corrected chi connectivity index (χ3v) is 7.19. The van der Waals surface area contributed by atoms with Crippen molar-refractivity contribution in [3.05, 3.63) is 59.7 Å². The smallest absolute Gasteiger partial charge is 0.343 e. The van der Waals surface area contributed by atoms with E-state index in [2.05, 4.69) is 20.8 Å². The highest BCUT2D eigenvalue weighted by atomic mass is 16.7. The Morgan fingerprint density at radius 1 is 0.865 bits per heavy atom. The highest BCUT2D eigenvalue weighted by Crippen LogP contribution is 2.29. The van der Waals surface area contributed by atoms with Crippen LogP contribution in [0, 0.1) is 11.8 Å². The van der Waals surface area contributed by atoms with Gasteiger partial charge in [0, 0.05) is 11.5 Å². The fourth-order valence-corrected chi connectivity index (χ4v) is 4.49. The molecule has 1 heterocycles. The van der Waals surface area contributed by atoms with Crippen molar-refractivity contribution in [3.63, 3.8) is 0 Å². The third-order valence-electron chi connectivity index (χ3n) is 7.19. The predicted octanol–water partition coefficient (Wildman–Crippen LogP) is 8.52. The Bertz CT molecular complexity index is 884. The quantitative estimate of drug-likeness (QED) is 0.129. The molecule has 1 aliphatic heterocycles. The SMILES string of the molecule is CCCCCCCC[C@H]1CO[C@H](c2ccc(OC(=O)c3ccc(OCCC[C@@H](C)CC)cc3)cc2)OC1. The van der Waals surface area contributed by atoms with E-state index >= 15 is 0 Å². The average molecular weight is 511 g/mol. The molecule has 1 fully saturated rings. The summed E-state index contributed by atoms with van der Waals surface area (Å²) in [5, 5.41) is 0. The molecule has 0 aromatic heterocycles. The van der Waals surface area contributed by atoms with E-state index in [0.29, 0.717) is 23.8 Å². The van der Waals surface area contributed by atoms with Gasteiger partial charge in [-0.25, -0.2) is 4.79 Å². The summed E-state index contributed by atoms with van der Waals surface area (Å²) in [4.78, 5) is 12.6. The molecule has 0 N–H and O–H groups in total. The van der Waals surface area contributed by atoms with Crippen molar-refractivity contribution >= 4 is 5.97 Å². The normalized spacial score (nSPS) is 18.4. The fraction of sp³-hybridized carbons (Fsp3) is 0.594. The summed E-state index contributed by atoms with van der Waals surface area (Å²) in [7, 11) is 0. The molecular weight excluding hydrogens is 464 g/mol. The van der Waals surface area contributed by atoms with E-state index in [1.807, 2.05) is 24.3 Å². The molecule has 37 heavy (non-hydrogen) atoms. The molecule has 1 saturated heterocycles. The van der Waals surface area contributed by atoms with Gasteiger partial charge in [-0.2, -0.15) is 0 Å². The maximum Gasteiger partial charge on any atom is 0.343 e. The molecule has 2 aromatic carbocycles. The molecule has 3 rings (SSSR count). The van der Waals surface area contributed by atoms with Crippen molar-refractivity contribution in [2.75, 3.05) is 19.8 Å². The zero-order valence-corrected chi connectivity index (χ0v) is 23.1. The molecule has 0 spiro atoms. The van der Waals surface area contributed by atoms with Crippen LogP contribution in [0.25, 0.3) is 0 Å². The Kier molecular flexibility index (Phi) is 13.0. The van der Waals surface area contributed by atoms with Crippen molar-refractivity contribution < 1.29 is 23.7 Å². The Morgan fingerprint density at radius 3 is 2.19 bits per heavy atom. The topological polar surface area (TPSA) is 54.0 Å². The molecule has 0 bridgehead atoms. The number of unbranched alkanes of at least 4 members (excludes halogenated alkanes) is 5. The monoisotopic (exact) mass is 510 g/mol. The molecule has 0 radical (unpaired) electrons. The lowest BCUT2D eigenvalue weighted by Gasteiger charge is -2.29. The summed E-state index contributed by atoms with van der Waals surface area (Å²) in [5.41, 5.74) is 1.43. The predicted molar refractivity (Wildman–Crippen MR) is 148 cm³/mol. The molecule has 2 aromatic rings. The number of rotatable bonds is 16. The summed E-state index contributed by atoms with van der Waals surface area (Å²) in [6, 6.07) is 14.5. The van der Waals surface area contributed by atoms with Gasteiger partial charge >= 0.3 is 5.97 Å². The van der Waals surface area contributed by atoms with Gasteiger partial charge in [0.05, 0.1) is 25.4 Å². The van der Waals surface area contributed by atoms with Crippen LogP contribution >= 0.6 is 0 Å². The highest BCUT2D eigenvalue weighted by Gasteiger charge is 2.23. The van der Waals surface area contributed by atoms with Crippen molar-refractivity contribution in [3.8, 4) is 11.5 Å². The van der Waals surface area contributed by atoms with Gasteiger partial charge in [0.25, 0.3) is 0 Å². The van der Waals surface area contributed by atoms with Gasteiger partial charge in [0.2, 0.25) is 0 Å². The average Bonchev–Trinajstić information content (AvgIpc) is 2.94. The zero-order valence-electron chi connectivity index (χ0n) is 23.1. The van der Waals surface area contributed by atoms with E-state index in [4.69, 9.17) is 18.9 Å². The van der Waals surface area contributed by atoms with Crippen LogP contribution in [0.4, 0.5) is 0 Å². The van der Waals surface area contributed by atoms with Crippen LogP contribution in [0.5, 0.6) is 11.5 Å². The largest absolute Gasteiger partial charge is 0.494 e. The van der Waals surface area contributed by atoms with E-state index in [1.54, 1.807) is 24.3 Å². The van der Waals surface area contributed by atoms with Crippen LogP contribution in [0.1, 0.15) is 107 Å². The van der Waals surface area contributed by atoms with Crippen LogP contribution < -0.4 is 9.47 Å². The maximum atomic E-state index is 12.6. The molecule has 0 aliphatic carbocycles. The number of carbonyl (C=O) groups is 1. The van der Waals surface area contributed by atoms with Gasteiger partial charge < -0.3 is 18.9 Å². The van der Waals surface area contributed by atoms with Crippen molar-refractivity contribution in [1.82, 2.24) is 0 Å². The van der Waals surface area contributed by atoms with Crippen LogP contribution in [-0.4, -0.2) is 25.8 Å². The van der Waals surface area contributed by atoms with Crippen LogP contribution in [0.15, 0.2) is 48.5 Å². The molecule has 1 aliphatic rings. The number of esters is 1. The van der Waals surface area contributed by atoms with Crippen molar-refractivity contribution in [2.24, 2.45) is 11.8 Å². The maximum absolute atomic E-state index is 12.6. The van der Waals surface area contributed by atoms with E-state index in [1.165, 1.54) is 57.8 Å². The fourth-order valence-electron chi connectivity index (χ4n) is 4.49. The number of hydrogen-bond acceptors (Lipinski definition) is 5. The molecule has 1 atom stereocenters. The van der Waals surface area contributed by atoms with E-state index in [9.17, 15) is 4.79 Å². The summed E-state index contributed by atoms with van der Waals surface area (Å²) in [6.45, 7) is 8.87. The lowest BCUT2D eigenvalue weighted by Crippen LogP contribution is -2.27.